The SMILES string of the molecule is CN(C)C(=O)[C@H]1CC[C@H](CN=C(N(C)C)N(C)C)O1. The smallest absolute Gasteiger partial charge is 0.251 e. The fourth-order valence-corrected chi connectivity index (χ4v) is 2.18. The molecule has 0 unspecified atom stereocenters. The lowest BCUT2D eigenvalue weighted by Gasteiger charge is -2.23. The molecular formula is C13H26N4O2. The predicted octanol–water partition coefficient (Wildman–Crippen LogP) is 0.101. The predicted molar refractivity (Wildman–Crippen MR) is 76.3 cm³/mol. The average molecular weight is 270 g/mol. The van der Waals surface area contributed by atoms with E-state index in [1.807, 2.05) is 38.0 Å². The molecular weight excluding hydrogens is 244 g/mol. The Morgan fingerprint density at radius 2 is 1.63 bits per heavy atom. The molecule has 6 nitrogen and oxygen atoms in total. The maximum absolute atomic E-state index is 11.8. The number of guanidine groups is 1. The molecule has 0 aromatic rings. The van der Waals surface area contributed by atoms with E-state index in [2.05, 4.69) is 4.99 Å². The van der Waals surface area contributed by atoms with Crippen molar-refractivity contribution >= 4 is 11.9 Å². The second kappa shape index (κ2) is 6.75. The van der Waals surface area contributed by atoms with Gasteiger partial charge in [0.25, 0.3) is 5.91 Å². The molecule has 1 saturated heterocycles. The van der Waals surface area contributed by atoms with Gasteiger partial charge >= 0.3 is 0 Å². The summed E-state index contributed by atoms with van der Waals surface area (Å²) in [5.41, 5.74) is 0. The molecule has 0 aromatic carbocycles. The van der Waals surface area contributed by atoms with Gasteiger partial charge in [-0.1, -0.05) is 0 Å². The molecule has 0 radical (unpaired) electrons. The Bertz CT molecular complexity index is 330. The third kappa shape index (κ3) is 4.38. The van der Waals surface area contributed by atoms with Gasteiger partial charge in [0, 0.05) is 42.3 Å². The maximum Gasteiger partial charge on any atom is 0.251 e. The Labute approximate surface area is 116 Å². The minimum Gasteiger partial charge on any atom is -0.363 e. The van der Waals surface area contributed by atoms with Crippen LogP contribution in [-0.2, 0) is 9.53 Å². The van der Waals surface area contributed by atoms with Crippen molar-refractivity contribution in [3.8, 4) is 0 Å². The van der Waals surface area contributed by atoms with Crippen molar-refractivity contribution in [3.05, 3.63) is 0 Å². The van der Waals surface area contributed by atoms with E-state index in [0.717, 1.165) is 18.8 Å². The van der Waals surface area contributed by atoms with Gasteiger partial charge in [-0.05, 0) is 12.8 Å². The summed E-state index contributed by atoms with van der Waals surface area (Å²) < 4.78 is 5.76. The summed E-state index contributed by atoms with van der Waals surface area (Å²) in [7, 11) is 11.4. The van der Waals surface area contributed by atoms with Crippen LogP contribution in [-0.4, -0.2) is 87.6 Å². The van der Waals surface area contributed by atoms with Gasteiger partial charge in [0.1, 0.15) is 6.10 Å². The zero-order valence-corrected chi connectivity index (χ0v) is 12.9. The van der Waals surface area contributed by atoms with Crippen molar-refractivity contribution in [3.63, 3.8) is 0 Å². The molecule has 2 atom stereocenters. The van der Waals surface area contributed by atoms with Crippen molar-refractivity contribution in [2.24, 2.45) is 4.99 Å². The molecule has 1 heterocycles. The van der Waals surface area contributed by atoms with Crippen molar-refractivity contribution in [2.45, 2.75) is 25.0 Å². The summed E-state index contributed by atoms with van der Waals surface area (Å²) in [5.74, 6) is 0.956. The van der Waals surface area contributed by atoms with Gasteiger partial charge in [0.05, 0.1) is 12.6 Å². The van der Waals surface area contributed by atoms with Gasteiger partial charge < -0.3 is 19.4 Å². The van der Waals surface area contributed by atoms with Crippen LogP contribution >= 0.6 is 0 Å². The third-order valence-electron chi connectivity index (χ3n) is 3.06. The zero-order valence-electron chi connectivity index (χ0n) is 12.9. The second-order valence-corrected chi connectivity index (χ2v) is 5.49. The van der Waals surface area contributed by atoms with Gasteiger partial charge in [-0.25, -0.2) is 0 Å². The van der Waals surface area contributed by atoms with E-state index in [1.165, 1.54) is 0 Å². The molecule has 1 aliphatic rings. The van der Waals surface area contributed by atoms with Crippen LogP contribution in [0.25, 0.3) is 0 Å². The van der Waals surface area contributed by atoms with Gasteiger partial charge in [-0.15, -0.1) is 0 Å². The summed E-state index contributed by atoms with van der Waals surface area (Å²) in [6.07, 6.45) is 1.43. The van der Waals surface area contributed by atoms with Crippen LogP contribution in [0.4, 0.5) is 0 Å². The fraction of sp³-hybridized carbons (Fsp3) is 0.846. The van der Waals surface area contributed by atoms with Crippen LogP contribution in [0.1, 0.15) is 12.8 Å². The number of ether oxygens (including phenoxy) is 1. The molecule has 19 heavy (non-hydrogen) atoms. The van der Waals surface area contributed by atoms with Crippen LogP contribution in [0.5, 0.6) is 0 Å². The second-order valence-electron chi connectivity index (χ2n) is 5.49. The molecule has 0 saturated carbocycles. The Kier molecular flexibility index (Phi) is 5.60. The summed E-state index contributed by atoms with van der Waals surface area (Å²) >= 11 is 0. The van der Waals surface area contributed by atoms with Gasteiger partial charge in [0.2, 0.25) is 0 Å². The third-order valence-corrected chi connectivity index (χ3v) is 3.06. The quantitative estimate of drug-likeness (QED) is 0.539. The van der Waals surface area contributed by atoms with Crippen LogP contribution in [0.3, 0.4) is 0 Å². The minimum absolute atomic E-state index is 0.0452. The summed E-state index contributed by atoms with van der Waals surface area (Å²) in [6.45, 7) is 0.600. The number of nitrogens with zero attached hydrogens (tertiary/aromatic N) is 4. The molecule has 110 valence electrons. The molecule has 1 fully saturated rings. The highest BCUT2D eigenvalue weighted by molar-refractivity contribution is 5.80. The first kappa shape index (κ1) is 15.8. The van der Waals surface area contributed by atoms with Crippen molar-refractivity contribution in [1.29, 1.82) is 0 Å². The van der Waals surface area contributed by atoms with E-state index in [1.54, 1.807) is 19.0 Å². The van der Waals surface area contributed by atoms with Crippen LogP contribution in [0, 0.1) is 0 Å². The number of carbonyl (C=O) groups excluding carboxylic acids is 1. The molecule has 0 aliphatic carbocycles. The number of carbonyl (C=O) groups is 1. The first-order chi connectivity index (χ1) is 8.82. The highest BCUT2D eigenvalue weighted by atomic mass is 16.5. The molecule has 0 aromatic heterocycles. The Balaban J connectivity index is 2.52. The van der Waals surface area contributed by atoms with E-state index in [0.29, 0.717) is 6.54 Å². The number of hydrogen-bond acceptors (Lipinski definition) is 3. The zero-order chi connectivity index (χ0) is 14.6. The highest BCUT2D eigenvalue weighted by Crippen LogP contribution is 2.21. The fourth-order valence-electron chi connectivity index (χ4n) is 2.18. The lowest BCUT2D eigenvalue weighted by molar-refractivity contribution is -0.140. The normalized spacial score (nSPS) is 22.0. The van der Waals surface area contributed by atoms with E-state index in [-0.39, 0.29) is 18.1 Å². The topological polar surface area (TPSA) is 48.4 Å². The lowest BCUT2D eigenvalue weighted by Crippen LogP contribution is -2.36. The molecule has 1 aliphatic heterocycles. The lowest BCUT2D eigenvalue weighted by atomic mass is 10.2. The first-order valence-corrected chi connectivity index (χ1v) is 6.58. The van der Waals surface area contributed by atoms with Gasteiger partial charge in [-0.3, -0.25) is 9.79 Å². The van der Waals surface area contributed by atoms with E-state index < -0.39 is 0 Å². The van der Waals surface area contributed by atoms with E-state index in [9.17, 15) is 4.79 Å². The monoisotopic (exact) mass is 270 g/mol. The molecule has 0 N–H and O–H groups in total. The number of rotatable bonds is 3. The summed E-state index contributed by atoms with van der Waals surface area (Å²) in [4.78, 5) is 21.9. The Morgan fingerprint density at radius 3 is 2.11 bits per heavy atom. The largest absolute Gasteiger partial charge is 0.363 e. The standard InChI is InChI=1S/C13H26N4O2/c1-15(2)12(18)11-8-7-10(19-11)9-14-13(16(3)4)17(5)6/h10-11H,7-9H2,1-6H3/t10-,11-/m1/s1. The van der Waals surface area contributed by atoms with Crippen molar-refractivity contribution in [1.82, 2.24) is 14.7 Å². The summed E-state index contributed by atoms with van der Waals surface area (Å²) in [6, 6.07) is 0. The number of amides is 1. The number of likely N-dealkylation sites (N-methyl/N-ethyl adjacent to an activating group) is 1. The molecule has 0 bridgehead atoms. The van der Waals surface area contributed by atoms with E-state index in [4.69, 9.17) is 4.74 Å². The molecule has 0 spiro atoms. The Morgan fingerprint density at radius 1 is 1.05 bits per heavy atom. The summed E-state index contributed by atoms with van der Waals surface area (Å²) in [5, 5.41) is 0. The minimum atomic E-state index is -0.294. The van der Waals surface area contributed by atoms with Crippen molar-refractivity contribution < 1.29 is 9.53 Å². The first-order valence-electron chi connectivity index (χ1n) is 6.58. The Hall–Kier alpha value is -1.30. The van der Waals surface area contributed by atoms with Gasteiger partial charge in [-0.2, -0.15) is 0 Å². The average Bonchev–Trinajstić information content (AvgIpc) is 2.75. The van der Waals surface area contributed by atoms with Crippen LogP contribution < -0.4 is 0 Å². The van der Waals surface area contributed by atoms with E-state index >= 15 is 0 Å². The van der Waals surface area contributed by atoms with Crippen molar-refractivity contribution in [2.75, 3.05) is 48.8 Å². The highest BCUT2D eigenvalue weighted by Gasteiger charge is 2.31. The van der Waals surface area contributed by atoms with Gasteiger partial charge in [0.15, 0.2) is 5.96 Å². The maximum atomic E-state index is 11.8. The van der Waals surface area contributed by atoms with Crippen LogP contribution in [0.15, 0.2) is 4.99 Å². The number of hydrogen-bond donors (Lipinski definition) is 0. The molecule has 1 rings (SSSR count). The molecule has 1 amide bonds. The molecule has 6 heteroatoms. The number of aliphatic imine (C=N–C) groups is 1. The van der Waals surface area contributed by atoms with Crippen LogP contribution in [0.2, 0.25) is 0 Å².